The van der Waals surface area contributed by atoms with E-state index in [1.165, 1.54) is 0 Å². The molecule has 0 rings (SSSR count). The molecule has 2 nitrogen and oxygen atoms in total. The highest BCUT2D eigenvalue weighted by atomic mass is 127. The number of alkyl halides is 1. The van der Waals surface area contributed by atoms with E-state index in [4.69, 9.17) is 0 Å². The molecule has 0 fully saturated rings. The van der Waals surface area contributed by atoms with Crippen molar-refractivity contribution >= 4 is 29.0 Å². The van der Waals surface area contributed by atoms with E-state index in [0.29, 0.717) is 6.41 Å². The molecule has 7 heavy (non-hydrogen) atoms. The van der Waals surface area contributed by atoms with Crippen molar-refractivity contribution in [3.63, 3.8) is 0 Å². The molecule has 0 saturated carbocycles. The third-order valence-electron chi connectivity index (χ3n) is 0.402. The number of carbonyl (C=O) groups excluding carboxylic acids is 1. The molecule has 0 bridgehead atoms. The van der Waals surface area contributed by atoms with Crippen LogP contribution in [-0.4, -0.2) is 9.96 Å². The quantitative estimate of drug-likeness (QED) is 0.314. The summed E-state index contributed by atoms with van der Waals surface area (Å²) < 4.78 is -0.0977. The predicted molar refractivity (Wildman–Crippen MR) is 37.3 cm³/mol. The van der Waals surface area contributed by atoms with E-state index in [1.807, 2.05) is 13.8 Å². The Morgan fingerprint density at radius 2 is 2.14 bits per heavy atom. The van der Waals surface area contributed by atoms with Gasteiger partial charge in [-0.15, -0.1) is 0 Å². The molecule has 0 aromatic heterocycles. The van der Waals surface area contributed by atoms with Gasteiger partial charge in [0.15, 0.2) is 0 Å². The fraction of sp³-hybridized carbons (Fsp3) is 0.750. The van der Waals surface area contributed by atoms with Gasteiger partial charge in [-0.1, -0.05) is 22.6 Å². The molecule has 0 spiro atoms. The van der Waals surface area contributed by atoms with E-state index in [0.717, 1.165) is 0 Å². The summed E-state index contributed by atoms with van der Waals surface area (Å²) in [5.74, 6) is 0. The van der Waals surface area contributed by atoms with Gasteiger partial charge in [0.1, 0.15) is 0 Å². The summed E-state index contributed by atoms with van der Waals surface area (Å²) in [7, 11) is 0. The molecule has 0 aromatic carbocycles. The van der Waals surface area contributed by atoms with Crippen LogP contribution in [0.2, 0.25) is 0 Å². The van der Waals surface area contributed by atoms with E-state index in [1.54, 1.807) is 0 Å². The second kappa shape index (κ2) is 2.49. The van der Waals surface area contributed by atoms with Crippen LogP contribution in [0.1, 0.15) is 13.8 Å². The monoisotopic (exact) mass is 213 g/mol. The van der Waals surface area contributed by atoms with Crippen molar-refractivity contribution < 1.29 is 4.79 Å². The van der Waals surface area contributed by atoms with Gasteiger partial charge < -0.3 is 5.32 Å². The summed E-state index contributed by atoms with van der Waals surface area (Å²) in [6.07, 6.45) is 0.701. The fourth-order valence-corrected chi connectivity index (χ4v) is 0.267. The summed E-state index contributed by atoms with van der Waals surface area (Å²) in [6.45, 7) is 3.84. The first-order valence-corrected chi connectivity index (χ1v) is 3.04. The van der Waals surface area contributed by atoms with E-state index < -0.39 is 0 Å². The zero-order valence-corrected chi connectivity index (χ0v) is 6.52. The number of nitrogens with one attached hydrogen (secondary N) is 1. The molecule has 3 heteroatoms. The number of hydrogen-bond acceptors (Lipinski definition) is 1. The Kier molecular flexibility index (Phi) is 2.56. The Bertz CT molecular complexity index is 66.6. The van der Waals surface area contributed by atoms with Crippen LogP contribution < -0.4 is 5.32 Å². The second-order valence-corrected chi connectivity index (χ2v) is 4.43. The van der Waals surface area contributed by atoms with Crippen molar-refractivity contribution in [3.8, 4) is 0 Å². The lowest BCUT2D eigenvalue weighted by atomic mass is 10.4. The van der Waals surface area contributed by atoms with Gasteiger partial charge in [0, 0.05) is 0 Å². The van der Waals surface area contributed by atoms with Crippen LogP contribution in [0.5, 0.6) is 0 Å². The van der Waals surface area contributed by atoms with E-state index in [9.17, 15) is 4.79 Å². The first-order chi connectivity index (χ1) is 3.06. The van der Waals surface area contributed by atoms with Gasteiger partial charge in [0.05, 0.1) is 3.55 Å². The fourth-order valence-electron chi connectivity index (χ4n) is 0.140. The summed E-state index contributed by atoms with van der Waals surface area (Å²) in [4.78, 5) is 9.70. The molecule has 1 amide bonds. The third-order valence-corrected chi connectivity index (χ3v) is 0.714. The molecular weight excluding hydrogens is 205 g/mol. The average Bonchev–Trinajstić information content (AvgIpc) is 1.30. The van der Waals surface area contributed by atoms with Crippen LogP contribution in [0, 0.1) is 0 Å². The highest BCUT2D eigenvalue weighted by molar-refractivity contribution is 14.1. The van der Waals surface area contributed by atoms with Crippen molar-refractivity contribution in [2.45, 2.75) is 17.4 Å². The molecule has 0 saturated heterocycles. The zero-order chi connectivity index (χ0) is 5.91. The lowest BCUT2D eigenvalue weighted by Gasteiger charge is -2.12. The van der Waals surface area contributed by atoms with Crippen LogP contribution in [0.3, 0.4) is 0 Å². The van der Waals surface area contributed by atoms with Gasteiger partial charge >= 0.3 is 0 Å². The zero-order valence-electron chi connectivity index (χ0n) is 4.36. The van der Waals surface area contributed by atoms with Crippen molar-refractivity contribution in [2.24, 2.45) is 0 Å². The minimum Gasteiger partial charge on any atom is -0.345 e. The van der Waals surface area contributed by atoms with Crippen LogP contribution in [0.4, 0.5) is 0 Å². The number of rotatable bonds is 2. The van der Waals surface area contributed by atoms with E-state index >= 15 is 0 Å². The normalized spacial score (nSPS) is 10.7. The maximum Gasteiger partial charge on any atom is 0.208 e. The van der Waals surface area contributed by atoms with Crippen LogP contribution >= 0.6 is 22.6 Å². The smallest absolute Gasteiger partial charge is 0.208 e. The molecule has 0 aromatic rings. The Labute approximate surface area is 56.8 Å². The molecule has 0 heterocycles. The molecule has 1 N–H and O–H groups in total. The van der Waals surface area contributed by atoms with Crippen molar-refractivity contribution in [2.75, 3.05) is 0 Å². The van der Waals surface area contributed by atoms with Crippen molar-refractivity contribution in [1.29, 1.82) is 0 Å². The minimum absolute atomic E-state index is 0.0977. The lowest BCUT2D eigenvalue weighted by Crippen LogP contribution is -2.30. The van der Waals surface area contributed by atoms with E-state index in [-0.39, 0.29) is 3.55 Å². The van der Waals surface area contributed by atoms with Crippen molar-refractivity contribution in [1.82, 2.24) is 5.32 Å². The first-order valence-electron chi connectivity index (χ1n) is 1.96. The lowest BCUT2D eigenvalue weighted by molar-refractivity contribution is -0.110. The average molecular weight is 213 g/mol. The maximum absolute atomic E-state index is 9.70. The summed E-state index contributed by atoms with van der Waals surface area (Å²) in [6, 6.07) is 0. The van der Waals surface area contributed by atoms with Gasteiger partial charge in [0.2, 0.25) is 6.41 Å². The summed E-state index contributed by atoms with van der Waals surface area (Å²) in [5.41, 5.74) is 0. The number of hydrogen-bond donors (Lipinski definition) is 1. The highest BCUT2D eigenvalue weighted by Gasteiger charge is 2.07. The topological polar surface area (TPSA) is 29.1 Å². The van der Waals surface area contributed by atoms with Gasteiger partial charge in [-0.2, -0.15) is 0 Å². The SMILES string of the molecule is CC(C)(I)NC=O. The summed E-state index contributed by atoms with van der Waals surface area (Å²) in [5, 5.41) is 2.59. The van der Waals surface area contributed by atoms with Gasteiger partial charge in [-0.05, 0) is 13.8 Å². The Morgan fingerprint density at radius 1 is 1.71 bits per heavy atom. The number of amides is 1. The predicted octanol–water partition coefficient (Wildman–Crippen LogP) is 0.903. The number of carbonyl (C=O) groups is 1. The first kappa shape index (κ1) is 7.20. The Hall–Kier alpha value is 0.200. The van der Waals surface area contributed by atoms with Crippen LogP contribution in [0.15, 0.2) is 0 Å². The van der Waals surface area contributed by atoms with Gasteiger partial charge in [-0.3, -0.25) is 4.79 Å². The molecule has 0 unspecified atom stereocenters. The Balaban J connectivity index is 3.34. The van der Waals surface area contributed by atoms with Gasteiger partial charge in [-0.25, -0.2) is 0 Å². The van der Waals surface area contributed by atoms with Crippen LogP contribution in [-0.2, 0) is 4.79 Å². The molecule has 42 valence electrons. The third kappa shape index (κ3) is 6.20. The molecule has 0 aliphatic rings. The second-order valence-electron chi connectivity index (χ2n) is 1.73. The van der Waals surface area contributed by atoms with Crippen molar-refractivity contribution in [3.05, 3.63) is 0 Å². The minimum atomic E-state index is -0.0977. The maximum atomic E-state index is 9.70. The molecule has 0 atom stereocenters. The largest absolute Gasteiger partial charge is 0.345 e. The standard InChI is InChI=1S/C4H8INO/c1-4(2,5)6-3-7/h3H,1-2H3,(H,6,7). The molecule has 0 radical (unpaired) electrons. The molecular formula is C4H8INO. The Morgan fingerprint density at radius 3 is 2.14 bits per heavy atom. The van der Waals surface area contributed by atoms with E-state index in [2.05, 4.69) is 27.9 Å². The highest BCUT2D eigenvalue weighted by Crippen LogP contribution is 2.09. The van der Waals surface area contributed by atoms with Crippen LogP contribution in [0.25, 0.3) is 0 Å². The van der Waals surface area contributed by atoms with Gasteiger partial charge in [0.25, 0.3) is 0 Å². The molecule has 0 aliphatic carbocycles. The number of halogens is 1. The molecule has 0 aliphatic heterocycles. The summed E-state index contributed by atoms with van der Waals surface area (Å²) >= 11 is 2.13.